The number of hydrogen-bond acceptors (Lipinski definition) is 10. The first kappa shape index (κ1) is 31.8. The van der Waals surface area contributed by atoms with Gasteiger partial charge in [-0.3, -0.25) is 4.79 Å². The Morgan fingerprint density at radius 1 is 1.14 bits per heavy atom. The molecule has 43 heavy (non-hydrogen) atoms. The number of hydrogen-bond donors (Lipinski definition) is 2. The van der Waals surface area contributed by atoms with Crippen LogP contribution in [0.1, 0.15) is 36.7 Å². The third-order valence-corrected chi connectivity index (χ3v) is 8.57. The molecule has 17 heteroatoms. The van der Waals surface area contributed by atoms with Gasteiger partial charge in [0.2, 0.25) is 10.2 Å². The molecule has 0 aliphatic heterocycles. The first-order valence-corrected chi connectivity index (χ1v) is 15.0. The van der Waals surface area contributed by atoms with E-state index < -0.39 is 45.7 Å². The van der Waals surface area contributed by atoms with Crippen molar-refractivity contribution in [1.29, 1.82) is 0 Å². The molecule has 0 spiro atoms. The molecule has 0 aliphatic carbocycles. The SMILES string of the molecule is COC(=O)[C@@H](Cc1ccc(C(F)(F)F)cc1)NC(=O)[C@@H](C(C)C)n1cc(COc2ccc3nc(S(N)(=O)=O)sc3c2)nn1. The van der Waals surface area contributed by atoms with Crippen LogP contribution >= 0.6 is 11.3 Å². The van der Waals surface area contributed by atoms with Gasteiger partial charge in [-0.05, 0) is 41.8 Å². The number of carbonyl (C=O) groups excluding carboxylic acids is 2. The minimum Gasteiger partial charge on any atom is -0.487 e. The summed E-state index contributed by atoms with van der Waals surface area (Å²) in [6, 6.07) is 7.02. The van der Waals surface area contributed by atoms with Gasteiger partial charge in [0.05, 0.1) is 29.1 Å². The second-order valence-corrected chi connectivity index (χ2v) is 12.6. The van der Waals surface area contributed by atoms with Crippen molar-refractivity contribution in [1.82, 2.24) is 25.3 Å². The number of nitrogens with zero attached hydrogens (tertiary/aromatic N) is 4. The van der Waals surface area contributed by atoms with Crippen molar-refractivity contribution in [2.75, 3.05) is 7.11 Å². The van der Waals surface area contributed by atoms with E-state index in [4.69, 9.17) is 14.6 Å². The number of carbonyl (C=O) groups is 2. The summed E-state index contributed by atoms with van der Waals surface area (Å²) in [5.41, 5.74) is 0.382. The van der Waals surface area contributed by atoms with Crippen LogP contribution in [0.4, 0.5) is 13.2 Å². The topological polar surface area (TPSA) is 168 Å². The molecule has 230 valence electrons. The van der Waals surface area contributed by atoms with Gasteiger partial charge in [-0.1, -0.05) is 31.2 Å². The van der Waals surface area contributed by atoms with Crippen LogP contribution in [0.15, 0.2) is 53.0 Å². The zero-order valence-electron chi connectivity index (χ0n) is 23.0. The Bertz CT molecular complexity index is 1720. The molecule has 0 fully saturated rings. The summed E-state index contributed by atoms with van der Waals surface area (Å²) in [7, 11) is -2.80. The number of halogens is 3. The summed E-state index contributed by atoms with van der Waals surface area (Å²) < 4.78 is 74.1. The minimum atomic E-state index is -4.50. The maximum atomic E-state index is 13.3. The van der Waals surface area contributed by atoms with Gasteiger partial charge >= 0.3 is 12.1 Å². The molecular weight excluding hydrogens is 613 g/mol. The summed E-state index contributed by atoms with van der Waals surface area (Å²) in [6.45, 7) is 3.51. The average molecular weight is 641 g/mol. The number of fused-ring (bicyclic) bond motifs is 1. The maximum Gasteiger partial charge on any atom is 0.416 e. The Hall–Kier alpha value is -4.09. The number of esters is 1. The zero-order chi connectivity index (χ0) is 31.5. The molecule has 2 heterocycles. The Balaban J connectivity index is 1.44. The van der Waals surface area contributed by atoms with E-state index in [0.29, 0.717) is 27.2 Å². The van der Waals surface area contributed by atoms with Gasteiger partial charge in [0.15, 0.2) is 0 Å². The fourth-order valence-electron chi connectivity index (χ4n) is 4.15. The second-order valence-electron chi connectivity index (χ2n) is 9.80. The van der Waals surface area contributed by atoms with E-state index in [1.54, 1.807) is 32.0 Å². The van der Waals surface area contributed by atoms with Crippen molar-refractivity contribution in [3.05, 3.63) is 65.5 Å². The van der Waals surface area contributed by atoms with Crippen LogP contribution in [0.3, 0.4) is 0 Å². The number of primary sulfonamides is 1. The molecule has 0 saturated carbocycles. The summed E-state index contributed by atoms with van der Waals surface area (Å²) in [4.78, 5) is 29.8. The van der Waals surface area contributed by atoms with Crippen LogP contribution in [0.2, 0.25) is 0 Å². The third-order valence-electron chi connectivity index (χ3n) is 6.24. The molecule has 3 N–H and O–H groups in total. The number of ether oxygens (including phenoxy) is 2. The molecule has 1 amide bonds. The Labute approximate surface area is 248 Å². The van der Waals surface area contributed by atoms with Crippen molar-refractivity contribution in [2.45, 2.75) is 49.5 Å². The lowest BCUT2D eigenvalue weighted by Crippen LogP contribution is -2.47. The van der Waals surface area contributed by atoms with E-state index in [1.807, 2.05) is 0 Å². The first-order valence-electron chi connectivity index (χ1n) is 12.7. The van der Waals surface area contributed by atoms with Crippen LogP contribution in [0.25, 0.3) is 10.2 Å². The molecule has 2 atom stereocenters. The fraction of sp³-hybridized carbons (Fsp3) is 0.346. The normalized spacial score (nSPS) is 13.6. The van der Waals surface area contributed by atoms with E-state index in [0.717, 1.165) is 30.6 Å². The standard InChI is InChI=1S/C26H27F3N6O6S2/c1-14(2)22(23(36)31-20(24(37)40-3)10-15-4-6-16(7-5-15)26(27,28)29)35-12-17(33-34-35)13-41-18-8-9-19-21(11-18)42-25(32-19)43(30,38)39/h4-9,11-12,14,20,22H,10,13H2,1-3H3,(H,31,36)(H2,30,38,39)/t20-,22-/m1/s1. The van der Waals surface area contributed by atoms with E-state index in [2.05, 4.69) is 20.6 Å². The number of amides is 1. The van der Waals surface area contributed by atoms with Gasteiger partial charge in [0.1, 0.15) is 30.1 Å². The molecule has 0 aliphatic rings. The number of rotatable bonds is 11. The number of alkyl halides is 3. The lowest BCUT2D eigenvalue weighted by atomic mass is 10.0. The number of sulfonamides is 1. The van der Waals surface area contributed by atoms with Crippen molar-refractivity contribution in [3.63, 3.8) is 0 Å². The molecule has 0 unspecified atom stereocenters. The zero-order valence-corrected chi connectivity index (χ0v) is 24.7. The molecule has 12 nitrogen and oxygen atoms in total. The second kappa shape index (κ2) is 12.6. The fourth-order valence-corrected chi connectivity index (χ4v) is 5.84. The highest BCUT2D eigenvalue weighted by Crippen LogP contribution is 2.30. The summed E-state index contributed by atoms with van der Waals surface area (Å²) in [6.07, 6.45) is -3.09. The van der Waals surface area contributed by atoms with Crippen LogP contribution < -0.4 is 15.2 Å². The van der Waals surface area contributed by atoms with E-state index in [9.17, 15) is 31.2 Å². The number of nitrogens with two attached hydrogens (primary N) is 1. The molecule has 2 aromatic heterocycles. The van der Waals surface area contributed by atoms with Gasteiger partial charge in [-0.15, -0.1) is 16.4 Å². The van der Waals surface area contributed by atoms with Gasteiger partial charge in [0.25, 0.3) is 10.0 Å². The third kappa shape index (κ3) is 7.85. The molecule has 0 saturated heterocycles. The van der Waals surface area contributed by atoms with Gasteiger partial charge in [0, 0.05) is 6.42 Å². The predicted octanol–water partition coefficient (Wildman–Crippen LogP) is 3.23. The first-order chi connectivity index (χ1) is 20.2. The van der Waals surface area contributed by atoms with Crippen LogP contribution in [-0.4, -0.2) is 53.4 Å². The van der Waals surface area contributed by atoms with E-state index in [-0.39, 0.29) is 23.3 Å². The number of benzene rings is 2. The highest BCUT2D eigenvalue weighted by atomic mass is 32.2. The Morgan fingerprint density at radius 2 is 1.84 bits per heavy atom. The molecule has 4 rings (SSSR count). The largest absolute Gasteiger partial charge is 0.487 e. The van der Waals surface area contributed by atoms with Crippen LogP contribution in [-0.2, 0) is 43.6 Å². The van der Waals surface area contributed by atoms with Crippen LogP contribution in [0.5, 0.6) is 5.75 Å². The summed E-state index contributed by atoms with van der Waals surface area (Å²) in [5.74, 6) is -1.23. The molecular formula is C26H27F3N6O6S2. The van der Waals surface area contributed by atoms with Gasteiger partial charge < -0.3 is 14.8 Å². The lowest BCUT2D eigenvalue weighted by molar-refractivity contribution is -0.145. The Morgan fingerprint density at radius 3 is 2.44 bits per heavy atom. The van der Waals surface area contributed by atoms with Crippen molar-refractivity contribution < 1.29 is 40.7 Å². The molecule has 2 aromatic carbocycles. The maximum absolute atomic E-state index is 13.3. The number of nitrogens with one attached hydrogen (secondary N) is 1. The van der Waals surface area contributed by atoms with Crippen LogP contribution in [0, 0.1) is 5.92 Å². The average Bonchev–Trinajstić information content (AvgIpc) is 3.58. The number of aromatic nitrogens is 4. The quantitative estimate of drug-likeness (QED) is 0.234. The lowest BCUT2D eigenvalue weighted by Gasteiger charge is -2.23. The van der Waals surface area contributed by atoms with E-state index in [1.165, 1.54) is 23.0 Å². The van der Waals surface area contributed by atoms with E-state index >= 15 is 0 Å². The highest BCUT2D eigenvalue weighted by molar-refractivity contribution is 7.91. The van der Waals surface area contributed by atoms with Crippen molar-refractivity contribution >= 4 is 43.5 Å². The number of methoxy groups -OCH3 is 1. The van der Waals surface area contributed by atoms with Crippen molar-refractivity contribution in [3.8, 4) is 5.75 Å². The van der Waals surface area contributed by atoms with Gasteiger partial charge in [-0.25, -0.2) is 28.0 Å². The van der Waals surface area contributed by atoms with Crippen molar-refractivity contribution in [2.24, 2.45) is 11.1 Å². The monoisotopic (exact) mass is 640 g/mol. The predicted molar refractivity (Wildman–Crippen MR) is 148 cm³/mol. The highest BCUT2D eigenvalue weighted by Gasteiger charge is 2.32. The molecule has 0 bridgehead atoms. The minimum absolute atomic E-state index is 0.0303. The Kier molecular flexibility index (Phi) is 9.36. The summed E-state index contributed by atoms with van der Waals surface area (Å²) >= 11 is 0.906. The number of thiazole rings is 1. The molecule has 0 radical (unpaired) electrons. The smallest absolute Gasteiger partial charge is 0.416 e. The van der Waals surface area contributed by atoms with Gasteiger partial charge in [-0.2, -0.15) is 13.2 Å². The summed E-state index contributed by atoms with van der Waals surface area (Å²) in [5, 5.41) is 15.9. The molecule has 4 aromatic rings.